The van der Waals surface area contributed by atoms with Gasteiger partial charge in [0.15, 0.2) is 0 Å². The average molecular weight is 351 g/mol. The van der Waals surface area contributed by atoms with E-state index in [2.05, 4.69) is 5.10 Å². The first-order chi connectivity index (χ1) is 11.0. The zero-order valence-corrected chi connectivity index (χ0v) is 13.6. The van der Waals surface area contributed by atoms with Gasteiger partial charge in [0.05, 0.1) is 15.8 Å². The minimum atomic E-state index is -0.375. The second-order valence-electron chi connectivity index (χ2n) is 5.21. The molecule has 2 aromatic rings. The van der Waals surface area contributed by atoms with Gasteiger partial charge in [-0.15, -0.1) is 0 Å². The molecular formula is C17H13Cl2FN2O. The van der Waals surface area contributed by atoms with Crippen molar-refractivity contribution in [2.75, 3.05) is 6.54 Å². The van der Waals surface area contributed by atoms with Crippen LogP contribution in [0.25, 0.3) is 0 Å². The summed E-state index contributed by atoms with van der Waals surface area (Å²) in [6.45, 7) is 0.529. The summed E-state index contributed by atoms with van der Waals surface area (Å²) in [6.07, 6.45) is 1.55. The molecule has 0 bridgehead atoms. The molecule has 1 heterocycles. The molecule has 23 heavy (non-hydrogen) atoms. The maximum atomic E-state index is 13.0. The van der Waals surface area contributed by atoms with E-state index in [1.54, 1.807) is 12.1 Å². The van der Waals surface area contributed by atoms with Gasteiger partial charge >= 0.3 is 0 Å². The molecule has 0 aromatic heterocycles. The van der Waals surface area contributed by atoms with Gasteiger partial charge in [-0.05, 0) is 54.8 Å². The number of halogens is 3. The second kappa shape index (κ2) is 6.69. The van der Waals surface area contributed by atoms with Crippen LogP contribution in [0.15, 0.2) is 47.6 Å². The summed E-state index contributed by atoms with van der Waals surface area (Å²) in [5, 5.41) is 6.77. The van der Waals surface area contributed by atoms with Gasteiger partial charge in [0, 0.05) is 12.1 Å². The molecule has 0 aliphatic carbocycles. The number of carbonyl (C=O) groups is 1. The first kappa shape index (κ1) is 16.0. The number of carbonyl (C=O) groups excluding carboxylic acids is 1. The van der Waals surface area contributed by atoms with E-state index in [0.717, 1.165) is 24.1 Å². The van der Waals surface area contributed by atoms with Crippen LogP contribution in [0.1, 0.15) is 28.8 Å². The Bertz CT molecular complexity index is 775. The minimum absolute atomic E-state index is 0.248. The van der Waals surface area contributed by atoms with Crippen molar-refractivity contribution in [3.05, 3.63) is 69.5 Å². The van der Waals surface area contributed by atoms with Gasteiger partial charge in [-0.1, -0.05) is 29.3 Å². The highest BCUT2D eigenvalue weighted by Gasteiger charge is 2.21. The summed E-state index contributed by atoms with van der Waals surface area (Å²) < 4.78 is 13.0. The fraction of sp³-hybridized carbons (Fsp3) is 0.176. The van der Waals surface area contributed by atoms with Crippen molar-refractivity contribution in [3.8, 4) is 0 Å². The van der Waals surface area contributed by atoms with Crippen LogP contribution < -0.4 is 0 Å². The predicted molar refractivity (Wildman–Crippen MR) is 89.7 cm³/mol. The first-order valence-electron chi connectivity index (χ1n) is 7.15. The van der Waals surface area contributed by atoms with Crippen LogP contribution in [0.4, 0.5) is 4.39 Å². The lowest BCUT2D eigenvalue weighted by atomic mass is 10.0. The molecular weight excluding hydrogens is 338 g/mol. The van der Waals surface area contributed by atoms with E-state index in [1.807, 2.05) is 6.07 Å². The van der Waals surface area contributed by atoms with E-state index in [9.17, 15) is 9.18 Å². The van der Waals surface area contributed by atoms with E-state index in [-0.39, 0.29) is 11.7 Å². The molecule has 0 fully saturated rings. The maximum absolute atomic E-state index is 13.0. The van der Waals surface area contributed by atoms with E-state index in [0.29, 0.717) is 22.2 Å². The van der Waals surface area contributed by atoms with Crippen LogP contribution in [0.2, 0.25) is 10.0 Å². The Labute approximate surface area is 143 Å². The highest BCUT2D eigenvalue weighted by molar-refractivity contribution is 6.42. The Morgan fingerprint density at radius 1 is 1.09 bits per heavy atom. The third-order valence-electron chi connectivity index (χ3n) is 3.60. The summed E-state index contributed by atoms with van der Waals surface area (Å²) in [6, 6.07) is 10.7. The molecule has 118 valence electrons. The maximum Gasteiger partial charge on any atom is 0.273 e. The van der Waals surface area contributed by atoms with Crippen LogP contribution in [0.3, 0.4) is 0 Å². The summed E-state index contributed by atoms with van der Waals surface area (Å²) in [7, 11) is 0. The Hall–Kier alpha value is -1.91. The zero-order valence-electron chi connectivity index (χ0n) is 12.1. The summed E-state index contributed by atoms with van der Waals surface area (Å²) in [5.74, 6) is -0.623. The largest absolute Gasteiger partial charge is 0.273 e. The lowest BCUT2D eigenvalue weighted by Crippen LogP contribution is -2.32. The van der Waals surface area contributed by atoms with Gasteiger partial charge in [0.25, 0.3) is 5.91 Å². The Morgan fingerprint density at radius 3 is 2.52 bits per heavy atom. The van der Waals surface area contributed by atoms with E-state index < -0.39 is 0 Å². The van der Waals surface area contributed by atoms with Gasteiger partial charge in [0.2, 0.25) is 0 Å². The monoisotopic (exact) mass is 350 g/mol. The fourth-order valence-corrected chi connectivity index (χ4v) is 2.71. The van der Waals surface area contributed by atoms with Crippen LogP contribution in [-0.2, 0) is 0 Å². The molecule has 3 nitrogen and oxygen atoms in total. The third-order valence-corrected chi connectivity index (χ3v) is 4.34. The molecule has 1 aliphatic heterocycles. The van der Waals surface area contributed by atoms with Gasteiger partial charge in [0.1, 0.15) is 5.82 Å². The molecule has 2 aromatic carbocycles. The fourth-order valence-electron chi connectivity index (χ4n) is 2.41. The molecule has 3 rings (SSSR count). The topological polar surface area (TPSA) is 32.7 Å². The summed E-state index contributed by atoms with van der Waals surface area (Å²) in [4.78, 5) is 12.5. The number of hydrazone groups is 1. The van der Waals surface area contributed by atoms with Crippen LogP contribution in [0, 0.1) is 5.82 Å². The van der Waals surface area contributed by atoms with Crippen molar-refractivity contribution in [1.29, 1.82) is 0 Å². The Morgan fingerprint density at radius 2 is 1.83 bits per heavy atom. The molecule has 0 radical (unpaired) electrons. The van der Waals surface area contributed by atoms with Crippen molar-refractivity contribution in [2.24, 2.45) is 5.10 Å². The second-order valence-corrected chi connectivity index (χ2v) is 6.03. The quantitative estimate of drug-likeness (QED) is 0.767. The molecule has 0 saturated heterocycles. The van der Waals surface area contributed by atoms with Gasteiger partial charge in [-0.2, -0.15) is 5.10 Å². The normalized spacial score (nSPS) is 14.6. The van der Waals surface area contributed by atoms with Crippen LogP contribution in [-0.4, -0.2) is 23.2 Å². The smallest absolute Gasteiger partial charge is 0.267 e. The molecule has 1 amide bonds. The van der Waals surface area contributed by atoms with Crippen LogP contribution in [0.5, 0.6) is 0 Å². The van der Waals surface area contributed by atoms with E-state index >= 15 is 0 Å². The Balaban J connectivity index is 1.87. The van der Waals surface area contributed by atoms with Gasteiger partial charge < -0.3 is 0 Å². The highest BCUT2D eigenvalue weighted by Crippen LogP contribution is 2.25. The van der Waals surface area contributed by atoms with E-state index in [4.69, 9.17) is 23.2 Å². The number of hydrogen-bond donors (Lipinski definition) is 0. The average Bonchev–Trinajstić information content (AvgIpc) is 2.57. The van der Waals surface area contributed by atoms with Crippen molar-refractivity contribution in [1.82, 2.24) is 5.01 Å². The summed E-state index contributed by atoms with van der Waals surface area (Å²) in [5.41, 5.74) is 2.03. The first-order valence-corrected chi connectivity index (χ1v) is 7.90. The Kier molecular flexibility index (Phi) is 4.64. The molecule has 1 aliphatic rings. The molecule has 0 atom stereocenters. The number of rotatable bonds is 2. The van der Waals surface area contributed by atoms with Crippen LogP contribution >= 0.6 is 23.2 Å². The third kappa shape index (κ3) is 3.54. The number of amides is 1. The molecule has 0 N–H and O–H groups in total. The predicted octanol–water partition coefficient (Wildman–Crippen LogP) is 4.77. The zero-order chi connectivity index (χ0) is 16.4. The number of nitrogens with zero attached hydrogens (tertiary/aromatic N) is 2. The van der Waals surface area contributed by atoms with Crippen molar-refractivity contribution < 1.29 is 9.18 Å². The molecule has 0 saturated carbocycles. The summed E-state index contributed by atoms with van der Waals surface area (Å²) >= 11 is 12.0. The van der Waals surface area contributed by atoms with Gasteiger partial charge in [-0.3, -0.25) is 4.79 Å². The molecule has 6 heteroatoms. The highest BCUT2D eigenvalue weighted by atomic mass is 35.5. The SMILES string of the molecule is O=C(c1ccc(F)cc1)N1CCCC(c2ccc(Cl)c(Cl)c2)=N1. The van der Waals surface area contributed by atoms with Crippen molar-refractivity contribution >= 4 is 34.8 Å². The van der Waals surface area contributed by atoms with E-state index in [1.165, 1.54) is 29.3 Å². The number of benzene rings is 2. The van der Waals surface area contributed by atoms with Crippen molar-refractivity contribution in [3.63, 3.8) is 0 Å². The minimum Gasteiger partial charge on any atom is -0.267 e. The lowest BCUT2D eigenvalue weighted by molar-refractivity contribution is 0.0751. The standard InChI is InChI=1S/C17H13Cl2FN2O/c18-14-8-5-12(10-15(14)19)16-2-1-9-22(21-16)17(23)11-3-6-13(20)7-4-11/h3-8,10H,1-2,9H2. The number of hydrogen-bond acceptors (Lipinski definition) is 2. The van der Waals surface area contributed by atoms with Crippen molar-refractivity contribution in [2.45, 2.75) is 12.8 Å². The van der Waals surface area contributed by atoms with Gasteiger partial charge in [-0.25, -0.2) is 9.40 Å². The molecule has 0 unspecified atom stereocenters. The molecule has 0 spiro atoms. The lowest BCUT2D eigenvalue weighted by Gasteiger charge is -2.24.